The van der Waals surface area contributed by atoms with Crippen LogP contribution in [0.25, 0.3) is 6.08 Å². The molecule has 6 heteroatoms. The third-order valence-corrected chi connectivity index (χ3v) is 8.07. The lowest BCUT2D eigenvalue weighted by Gasteiger charge is -2.34. The normalized spacial score (nSPS) is 28.9. The van der Waals surface area contributed by atoms with Crippen LogP contribution in [0.2, 0.25) is 0 Å². The molecule has 5 nitrogen and oxygen atoms in total. The summed E-state index contributed by atoms with van der Waals surface area (Å²) >= 11 is 0. The Hall–Kier alpha value is -1.66. The van der Waals surface area contributed by atoms with E-state index in [1.54, 1.807) is 6.08 Å². The molecule has 3 atom stereocenters. The first-order valence-corrected chi connectivity index (χ1v) is 11.5. The van der Waals surface area contributed by atoms with Gasteiger partial charge in [0.2, 0.25) is 15.9 Å². The zero-order chi connectivity index (χ0) is 18.9. The number of amides is 1. The van der Waals surface area contributed by atoms with Crippen molar-refractivity contribution < 1.29 is 13.2 Å². The molecule has 1 saturated heterocycles. The van der Waals surface area contributed by atoms with E-state index in [9.17, 15) is 13.2 Å². The highest BCUT2D eigenvalue weighted by Crippen LogP contribution is 2.49. The highest BCUT2D eigenvalue weighted by molar-refractivity contribution is 7.92. The average molecular weight is 389 g/mol. The second-order valence-corrected chi connectivity index (χ2v) is 10.00. The van der Waals surface area contributed by atoms with Crippen molar-refractivity contribution in [3.8, 4) is 0 Å². The predicted octanol–water partition coefficient (Wildman–Crippen LogP) is 2.96. The molecule has 2 bridgehead atoms. The largest absolute Gasteiger partial charge is 0.340 e. The van der Waals surface area contributed by atoms with Crippen molar-refractivity contribution in [3.05, 3.63) is 41.3 Å². The molecule has 0 radical (unpaired) electrons. The van der Waals surface area contributed by atoms with Gasteiger partial charge in [-0.3, -0.25) is 4.79 Å². The highest BCUT2D eigenvalue weighted by Gasteiger charge is 2.41. The smallest absolute Gasteiger partial charge is 0.236 e. The SMILES string of the molecule is O=C(C[C@H]1C[C@H]2CC[C@@H]1C2)N1CCN(S(=O)(=O)/C=C/c2ccccc2)CC1. The van der Waals surface area contributed by atoms with E-state index in [2.05, 4.69) is 0 Å². The van der Waals surface area contributed by atoms with Gasteiger partial charge >= 0.3 is 0 Å². The van der Waals surface area contributed by atoms with Gasteiger partial charge in [-0.1, -0.05) is 36.8 Å². The van der Waals surface area contributed by atoms with Crippen LogP contribution < -0.4 is 0 Å². The first kappa shape index (κ1) is 18.7. The molecule has 4 rings (SSSR count). The first-order valence-electron chi connectivity index (χ1n) is 10.0. The summed E-state index contributed by atoms with van der Waals surface area (Å²) < 4.78 is 26.6. The summed E-state index contributed by atoms with van der Waals surface area (Å²) in [6, 6.07) is 9.41. The number of hydrogen-bond acceptors (Lipinski definition) is 3. The number of nitrogens with zero attached hydrogens (tertiary/aromatic N) is 2. The standard InChI is InChI=1S/C21H28N2O3S/c24-21(16-20-15-18-6-7-19(20)14-18)22-9-11-23(12-10-22)27(25,26)13-8-17-4-2-1-3-5-17/h1-5,8,13,18-20H,6-7,9-12,14-16H2/b13-8+/t18-,19+,20+/m0/s1. The van der Waals surface area contributed by atoms with Gasteiger partial charge in [-0.25, -0.2) is 8.42 Å². The van der Waals surface area contributed by atoms with Crippen molar-refractivity contribution in [2.75, 3.05) is 26.2 Å². The van der Waals surface area contributed by atoms with Gasteiger partial charge < -0.3 is 4.90 Å². The van der Waals surface area contributed by atoms with Crippen LogP contribution >= 0.6 is 0 Å². The molecule has 1 aromatic rings. The first-order chi connectivity index (χ1) is 13.0. The van der Waals surface area contributed by atoms with Gasteiger partial charge in [0, 0.05) is 38.0 Å². The van der Waals surface area contributed by atoms with Crippen molar-refractivity contribution in [2.24, 2.45) is 17.8 Å². The van der Waals surface area contributed by atoms with Crippen molar-refractivity contribution in [1.29, 1.82) is 0 Å². The molecular weight excluding hydrogens is 360 g/mol. The van der Waals surface area contributed by atoms with Gasteiger partial charge in [0.1, 0.15) is 0 Å². The molecule has 0 aromatic heterocycles. The maximum Gasteiger partial charge on any atom is 0.236 e. The Kier molecular flexibility index (Phi) is 5.37. The predicted molar refractivity (Wildman–Crippen MR) is 106 cm³/mol. The zero-order valence-electron chi connectivity index (χ0n) is 15.7. The van der Waals surface area contributed by atoms with E-state index >= 15 is 0 Å². The maximum atomic E-state index is 12.6. The quantitative estimate of drug-likeness (QED) is 0.779. The zero-order valence-corrected chi connectivity index (χ0v) is 16.5. The summed E-state index contributed by atoms with van der Waals surface area (Å²) in [5.74, 6) is 2.38. The van der Waals surface area contributed by atoms with Crippen LogP contribution in [0.15, 0.2) is 35.7 Å². The van der Waals surface area contributed by atoms with Crippen LogP contribution in [0.4, 0.5) is 0 Å². The number of piperazine rings is 1. The Morgan fingerprint density at radius 2 is 1.78 bits per heavy atom. The van der Waals surface area contributed by atoms with Gasteiger partial charge in [-0.05, 0) is 48.7 Å². The summed E-state index contributed by atoms with van der Waals surface area (Å²) in [6.45, 7) is 1.75. The Morgan fingerprint density at radius 3 is 2.41 bits per heavy atom. The Morgan fingerprint density at radius 1 is 1.04 bits per heavy atom. The fraction of sp³-hybridized carbons (Fsp3) is 0.571. The van der Waals surface area contributed by atoms with Crippen molar-refractivity contribution in [1.82, 2.24) is 9.21 Å². The fourth-order valence-electron chi connectivity index (χ4n) is 4.99. The van der Waals surface area contributed by atoms with Crippen LogP contribution in [0.3, 0.4) is 0 Å². The lowest BCUT2D eigenvalue weighted by molar-refractivity contribution is -0.133. The van der Waals surface area contributed by atoms with Crippen LogP contribution in [0.5, 0.6) is 0 Å². The minimum absolute atomic E-state index is 0.212. The molecule has 1 aromatic carbocycles. The second-order valence-electron chi connectivity index (χ2n) is 8.18. The number of fused-ring (bicyclic) bond motifs is 2. The van der Waals surface area contributed by atoms with E-state index in [1.807, 2.05) is 35.2 Å². The summed E-state index contributed by atoms with van der Waals surface area (Å²) in [5, 5.41) is 1.27. The fourth-order valence-corrected chi connectivity index (χ4v) is 6.16. The number of hydrogen-bond donors (Lipinski definition) is 0. The molecule has 0 N–H and O–H groups in total. The second kappa shape index (κ2) is 7.76. The summed E-state index contributed by atoms with van der Waals surface area (Å²) in [4.78, 5) is 14.5. The van der Waals surface area contributed by atoms with Gasteiger partial charge in [0.15, 0.2) is 0 Å². The Labute approximate surface area is 162 Å². The van der Waals surface area contributed by atoms with Crippen LogP contribution in [-0.4, -0.2) is 49.7 Å². The van der Waals surface area contributed by atoms with E-state index in [1.165, 1.54) is 35.4 Å². The van der Waals surface area contributed by atoms with Crippen molar-refractivity contribution in [2.45, 2.75) is 32.1 Å². The van der Waals surface area contributed by atoms with Gasteiger partial charge in [0.25, 0.3) is 0 Å². The molecule has 3 fully saturated rings. The highest BCUT2D eigenvalue weighted by atomic mass is 32.2. The molecule has 1 heterocycles. The van der Waals surface area contributed by atoms with Gasteiger partial charge in [-0.15, -0.1) is 0 Å². The third-order valence-electron chi connectivity index (χ3n) is 6.50. The molecule has 2 aliphatic carbocycles. The molecule has 146 valence electrons. The number of carbonyl (C=O) groups is 1. The maximum absolute atomic E-state index is 12.6. The molecule has 27 heavy (non-hydrogen) atoms. The Bertz CT molecular complexity index is 798. The van der Waals surface area contributed by atoms with E-state index < -0.39 is 10.0 Å². The minimum Gasteiger partial charge on any atom is -0.340 e. The van der Waals surface area contributed by atoms with Crippen LogP contribution in [-0.2, 0) is 14.8 Å². The molecule has 1 aliphatic heterocycles. The van der Waals surface area contributed by atoms with Crippen LogP contribution in [0.1, 0.15) is 37.7 Å². The third kappa shape index (κ3) is 4.27. The summed E-state index contributed by atoms with van der Waals surface area (Å²) in [6.07, 6.45) is 7.46. The lowest BCUT2D eigenvalue weighted by atomic mass is 9.86. The summed E-state index contributed by atoms with van der Waals surface area (Å²) in [7, 11) is -3.45. The monoisotopic (exact) mass is 388 g/mol. The van der Waals surface area contributed by atoms with E-state index in [-0.39, 0.29) is 5.91 Å². The van der Waals surface area contributed by atoms with E-state index in [0.29, 0.717) is 38.5 Å². The minimum atomic E-state index is -3.45. The van der Waals surface area contributed by atoms with Crippen molar-refractivity contribution >= 4 is 22.0 Å². The summed E-state index contributed by atoms with van der Waals surface area (Å²) in [5.41, 5.74) is 0.862. The molecule has 0 spiro atoms. The number of sulfonamides is 1. The van der Waals surface area contributed by atoms with Gasteiger partial charge in [-0.2, -0.15) is 4.31 Å². The number of rotatable bonds is 5. The molecule has 0 unspecified atom stereocenters. The molecule has 3 aliphatic rings. The number of carbonyl (C=O) groups excluding carboxylic acids is 1. The van der Waals surface area contributed by atoms with E-state index in [0.717, 1.165) is 17.4 Å². The van der Waals surface area contributed by atoms with Gasteiger partial charge in [0.05, 0.1) is 0 Å². The lowest BCUT2D eigenvalue weighted by Crippen LogP contribution is -2.50. The number of benzene rings is 1. The molecule has 2 saturated carbocycles. The van der Waals surface area contributed by atoms with Crippen LogP contribution in [0, 0.1) is 17.8 Å². The average Bonchev–Trinajstić information content (AvgIpc) is 3.30. The Balaban J connectivity index is 1.29. The van der Waals surface area contributed by atoms with E-state index in [4.69, 9.17) is 0 Å². The molecule has 1 amide bonds. The van der Waals surface area contributed by atoms with Crippen molar-refractivity contribution in [3.63, 3.8) is 0 Å². The molecular formula is C21H28N2O3S. The topological polar surface area (TPSA) is 57.7 Å².